The highest BCUT2D eigenvalue weighted by atomic mass is 16.5. The molecule has 0 aromatic heterocycles. The van der Waals surface area contributed by atoms with E-state index in [2.05, 4.69) is 5.32 Å². The van der Waals surface area contributed by atoms with Crippen molar-refractivity contribution in [2.24, 2.45) is 0 Å². The van der Waals surface area contributed by atoms with Crippen LogP contribution in [0.4, 0.5) is 4.79 Å². The molecule has 1 heterocycles. The normalized spacial score (nSPS) is 21.1. The zero-order valence-electron chi connectivity index (χ0n) is 8.73. The van der Waals surface area contributed by atoms with Crippen LogP contribution in [0, 0.1) is 0 Å². The highest BCUT2D eigenvalue weighted by molar-refractivity contribution is 5.70. The first-order valence-electron chi connectivity index (χ1n) is 5.00. The molecule has 15 heavy (non-hydrogen) atoms. The number of hydrogen-bond acceptors (Lipinski definition) is 4. The summed E-state index contributed by atoms with van der Waals surface area (Å²) in [5.41, 5.74) is 0. The maximum Gasteiger partial charge on any atom is 0.407 e. The van der Waals surface area contributed by atoms with Crippen molar-refractivity contribution in [3.8, 4) is 0 Å². The number of nitrogens with zero attached hydrogens (tertiary/aromatic N) is 1. The van der Waals surface area contributed by atoms with Crippen molar-refractivity contribution in [1.29, 1.82) is 0 Å². The van der Waals surface area contributed by atoms with E-state index in [-0.39, 0.29) is 18.4 Å². The Bertz CT molecular complexity index is 244. The second kappa shape index (κ2) is 5.55. The lowest BCUT2D eigenvalue weighted by molar-refractivity contribution is -0.143. The van der Waals surface area contributed by atoms with Gasteiger partial charge in [-0.3, -0.25) is 4.79 Å². The fraction of sp³-hybridized carbons (Fsp3) is 0.778. The van der Waals surface area contributed by atoms with E-state index in [0.717, 1.165) is 0 Å². The van der Waals surface area contributed by atoms with Gasteiger partial charge in [0, 0.05) is 25.7 Å². The van der Waals surface area contributed by atoms with Gasteiger partial charge in [-0.05, 0) is 6.92 Å². The van der Waals surface area contributed by atoms with E-state index in [0.29, 0.717) is 26.2 Å². The van der Waals surface area contributed by atoms with Crippen molar-refractivity contribution in [1.82, 2.24) is 10.2 Å². The Morgan fingerprint density at radius 3 is 2.93 bits per heavy atom. The van der Waals surface area contributed by atoms with E-state index in [4.69, 9.17) is 9.84 Å². The molecular weight excluding hydrogens is 200 g/mol. The maximum atomic E-state index is 11.2. The third kappa shape index (κ3) is 3.75. The summed E-state index contributed by atoms with van der Waals surface area (Å²) in [7, 11) is 0. The number of rotatable bonds is 3. The van der Waals surface area contributed by atoms with E-state index in [1.54, 1.807) is 6.92 Å². The first-order valence-corrected chi connectivity index (χ1v) is 5.00. The number of amides is 1. The Kier molecular flexibility index (Phi) is 4.36. The number of ether oxygens (including phenoxy) is 1. The predicted octanol–water partition coefficient (Wildman–Crippen LogP) is -0.109. The average molecular weight is 216 g/mol. The van der Waals surface area contributed by atoms with Crippen LogP contribution in [0.1, 0.15) is 13.3 Å². The van der Waals surface area contributed by atoms with Crippen LogP contribution in [0.3, 0.4) is 0 Å². The highest BCUT2D eigenvalue weighted by Gasteiger charge is 2.24. The van der Waals surface area contributed by atoms with Gasteiger partial charge in [-0.25, -0.2) is 4.79 Å². The summed E-state index contributed by atoms with van der Waals surface area (Å²) in [6.07, 6.45) is -0.720. The number of carbonyl (C=O) groups excluding carboxylic acids is 1. The van der Waals surface area contributed by atoms with Crippen LogP contribution in [0.5, 0.6) is 0 Å². The Labute approximate surface area is 88.2 Å². The molecule has 1 amide bonds. The standard InChI is InChI=1S/C9H16N2O4/c1-2-15-8(12)5-7-6-11(9(13)14)4-3-10-7/h7,10H,2-6H2,1H3,(H,13,14)/t7-/m1/s1. The third-order valence-electron chi connectivity index (χ3n) is 2.24. The molecule has 0 spiro atoms. The van der Waals surface area contributed by atoms with Crippen molar-refractivity contribution in [2.75, 3.05) is 26.2 Å². The Balaban J connectivity index is 2.36. The zero-order valence-corrected chi connectivity index (χ0v) is 8.73. The molecule has 0 bridgehead atoms. The van der Waals surface area contributed by atoms with Crippen LogP contribution in [-0.4, -0.2) is 54.4 Å². The van der Waals surface area contributed by atoms with Crippen LogP contribution in [0.15, 0.2) is 0 Å². The van der Waals surface area contributed by atoms with Gasteiger partial charge in [-0.15, -0.1) is 0 Å². The molecule has 0 aliphatic carbocycles. The van der Waals surface area contributed by atoms with Gasteiger partial charge < -0.3 is 20.1 Å². The fourth-order valence-corrected chi connectivity index (χ4v) is 1.56. The predicted molar refractivity (Wildman–Crippen MR) is 52.6 cm³/mol. The number of nitrogens with one attached hydrogen (secondary N) is 1. The van der Waals surface area contributed by atoms with Crippen molar-refractivity contribution in [3.05, 3.63) is 0 Å². The summed E-state index contributed by atoms with van der Waals surface area (Å²) < 4.78 is 4.80. The van der Waals surface area contributed by atoms with E-state index in [1.807, 2.05) is 0 Å². The average Bonchev–Trinajstić information content (AvgIpc) is 2.18. The highest BCUT2D eigenvalue weighted by Crippen LogP contribution is 2.04. The van der Waals surface area contributed by atoms with Crippen molar-refractivity contribution in [2.45, 2.75) is 19.4 Å². The largest absolute Gasteiger partial charge is 0.466 e. The molecule has 1 atom stereocenters. The zero-order chi connectivity index (χ0) is 11.3. The van der Waals surface area contributed by atoms with Gasteiger partial charge in [-0.2, -0.15) is 0 Å². The second-order valence-corrected chi connectivity index (χ2v) is 3.39. The molecule has 1 fully saturated rings. The molecule has 2 N–H and O–H groups in total. The lowest BCUT2D eigenvalue weighted by Crippen LogP contribution is -2.52. The van der Waals surface area contributed by atoms with Crippen molar-refractivity contribution < 1.29 is 19.4 Å². The summed E-state index contributed by atoms with van der Waals surface area (Å²) in [5, 5.41) is 11.9. The minimum absolute atomic E-state index is 0.131. The molecule has 0 aromatic rings. The van der Waals surface area contributed by atoms with Gasteiger partial charge >= 0.3 is 12.1 Å². The van der Waals surface area contributed by atoms with Gasteiger partial charge in [0.1, 0.15) is 0 Å². The topological polar surface area (TPSA) is 78.9 Å². The number of carbonyl (C=O) groups is 2. The first kappa shape index (κ1) is 11.8. The van der Waals surface area contributed by atoms with Crippen LogP contribution < -0.4 is 5.32 Å². The van der Waals surface area contributed by atoms with Crippen LogP contribution in [0.25, 0.3) is 0 Å². The number of carboxylic acid groups (broad SMARTS) is 1. The van der Waals surface area contributed by atoms with E-state index < -0.39 is 6.09 Å². The van der Waals surface area contributed by atoms with Crippen molar-refractivity contribution in [3.63, 3.8) is 0 Å². The van der Waals surface area contributed by atoms with E-state index in [9.17, 15) is 9.59 Å². The van der Waals surface area contributed by atoms with Crippen LogP contribution >= 0.6 is 0 Å². The molecule has 6 heteroatoms. The lowest BCUT2D eigenvalue weighted by atomic mass is 10.1. The Hall–Kier alpha value is -1.30. The molecule has 0 radical (unpaired) electrons. The smallest absolute Gasteiger partial charge is 0.407 e. The number of hydrogen-bond donors (Lipinski definition) is 2. The summed E-state index contributed by atoms with van der Waals surface area (Å²) >= 11 is 0. The molecular formula is C9H16N2O4. The first-order chi connectivity index (χ1) is 7.13. The molecule has 1 rings (SSSR count). The number of piperazine rings is 1. The van der Waals surface area contributed by atoms with Gasteiger partial charge in [0.15, 0.2) is 0 Å². The minimum Gasteiger partial charge on any atom is -0.466 e. The molecule has 6 nitrogen and oxygen atoms in total. The van der Waals surface area contributed by atoms with Gasteiger partial charge in [0.25, 0.3) is 0 Å². The molecule has 86 valence electrons. The van der Waals surface area contributed by atoms with Gasteiger partial charge in [0.2, 0.25) is 0 Å². The molecule has 0 aromatic carbocycles. The minimum atomic E-state index is -0.939. The van der Waals surface area contributed by atoms with Crippen molar-refractivity contribution >= 4 is 12.1 Å². The monoisotopic (exact) mass is 216 g/mol. The molecule has 0 unspecified atom stereocenters. The van der Waals surface area contributed by atoms with E-state index >= 15 is 0 Å². The summed E-state index contributed by atoms with van der Waals surface area (Å²) in [6, 6.07) is -0.131. The fourth-order valence-electron chi connectivity index (χ4n) is 1.56. The quantitative estimate of drug-likeness (QED) is 0.644. The van der Waals surface area contributed by atoms with E-state index in [1.165, 1.54) is 4.90 Å². The van der Waals surface area contributed by atoms with Gasteiger partial charge in [0.05, 0.1) is 13.0 Å². The Morgan fingerprint density at radius 1 is 1.60 bits per heavy atom. The number of esters is 1. The van der Waals surface area contributed by atoms with Gasteiger partial charge in [-0.1, -0.05) is 0 Å². The third-order valence-corrected chi connectivity index (χ3v) is 2.24. The maximum absolute atomic E-state index is 11.2. The second-order valence-electron chi connectivity index (χ2n) is 3.39. The molecule has 0 saturated carbocycles. The molecule has 1 aliphatic rings. The molecule has 1 aliphatic heterocycles. The lowest BCUT2D eigenvalue weighted by Gasteiger charge is -2.31. The SMILES string of the molecule is CCOC(=O)C[C@@H]1CN(C(=O)O)CCN1. The van der Waals surface area contributed by atoms with Crippen LogP contribution in [-0.2, 0) is 9.53 Å². The summed E-state index contributed by atoms with van der Waals surface area (Å²) in [4.78, 5) is 23.2. The summed E-state index contributed by atoms with van der Waals surface area (Å²) in [5.74, 6) is -0.290. The van der Waals surface area contributed by atoms with Crippen LogP contribution in [0.2, 0.25) is 0 Å². The summed E-state index contributed by atoms with van der Waals surface area (Å²) in [6.45, 7) is 3.49. The molecule has 1 saturated heterocycles. The Morgan fingerprint density at radius 2 is 2.33 bits per heavy atom.